The van der Waals surface area contributed by atoms with Crippen molar-refractivity contribution >= 4 is 11.3 Å². The van der Waals surface area contributed by atoms with Crippen molar-refractivity contribution in [3.8, 4) is 5.88 Å². The summed E-state index contributed by atoms with van der Waals surface area (Å²) in [4.78, 5) is 12.5. The second kappa shape index (κ2) is 6.78. The third-order valence-corrected chi connectivity index (χ3v) is 6.00. The van der Waals surface area contributed by atoms with E-state index in [4.69, 9.17) is 9.47 Å². The van der Waals surface area contributed by atoms with E-state index in [9.17, 15) is 0 Å². The van der Waals surface area contributed by atoms with Crippen LogP contribution in [0.2, 0.25) is 0 Å². The molecule has 0 bridgehead atoms. The quantitative estimate of drug-likeness (QED) is 0.852. The van der Waals surface area contributed by atoms with Crippen molar-refractivity contribution in [1.82, 2.24) is 14.9 Å². The number of pyridine rings is 1. The van der Waals surface area contributed by atoms with Crippen LogP contribution in [0.4, 0.5) is 0 Å². The first-order valence-electron chi connectivity index (χ1n) is 8.55. The number of likely N-dealkylation sites (tertiary alicyclic amines) is 1. The number of ether oxygens (including phenoxy) is 2. The Balaban J connectivity index is 1.30. The van der Waals surface area contributed by atoms with Crippen LogP contribution in [0.1, 0.15) is 29.8 Å². The van der Waals surface area contributed by atoms with Crippen LogP contribution in [0.15, 0.2) is 29.9 Å². The number of nitrogens with zero attached hydrogens (tertiary/aromatic N) is 3. The molecule has 2 fully saturated rings. The molecular weight excluding hydrogens is 322 g/mol. The molecule has 0 amide bonds. The molecule has 4 heterocycles. The van der Waals surface area contributed by atoms with Crippen LogP contribution in [0.25, 0.3) is 0 Å². The molecule has 2 aromatic rings. The molecule has 6 heteroatoms. The van der Waals surface area contributed by atoms with Crippen molar-refractivity contribution < 1.29 is 9.47 Å². The predicted molar refractivity (Wildman–Crippen MR) is 93.3 cm³/mol. The zero-order chi connectivity index (χ0) is 16.4. The maximum Gasteiger partial charge on any atom is 0.213 e. The van der Waals surface area contributed by atoms with Gasteiger partial charge in [-0.2, -0.15) is 0 Å². The number of piperidine rings is 1. The summed E-state index contributed by atoms with van der Waals surface area (Å²) >= 11 is 1.76. The Morgan fingerprint density at radius 2 is 2.21 bits per heavy atom. The van der Waals surface area contributed by atoms with E-state index in [-0.39, 0.29) is 11.7 Å². The molecule has 24 heavy (non-hydrogen) atoms. The SMILES string of the molecule is Cc1ncsc1CN1CCC2(CC1)C[C@@H](Oc1ccccn1)CO2. The summed E-state index contributed by atoms with van der Waals surface area (Å²) in [6.07, 6.45) is 5.01. The number of aryl methyl sites for hydroxylation is 1. The van der Waals surface area contributed by atoms with Gasteiger partial charge in [0.15, 0.2) is 0 Å². The van der Waals surface area contributed by atoms with E-state index in [0.29, 0.717) is 12.5 Å². The largest absolute Gasteiger partial charge is 0.472 e. The van der Waals surface area contributed by atoms with Crippen LogP contribution in [0, 0.1) is 6.92 Å². The van der Waals surface area contributed by atoms with Crippen LogP contribution < -0.4 is 4.74 Å². The fraction of sp³-hybridized carbons (Fsp3) is 0.556. The molecule has 2 aliphatic rings. The van der Waals surface area contributed by atoms with E-state index in [1.807, 2.05) is 23.7 Å². The highest BCUT2D eigenvalue weighted by atomic mass is 32.1. The highest BCUT2D eigenvalue weighted by molar-refractivity contribution is 7.09. The van der Waals surface area contributed by atoms with Crippen LogP contribution in [0.5, 0.6) is 5.88 Å². The van der Waals surface area contributed by atoms with Gasteiger partial charge >= 0.3 is 0 Å². The van der Waals surface area contributed by atoms with Gasteiger partial charge in [0.25, 0.3) is 0 Å². The minimum atomic E-state index is -0.00130. The van der Waals surface area contributed by atoms with Crippen molar-refractivity contribution in [2.45, 2.75) is 44.4 Å². The average molecular weight is 345 g/mol. The van der Waals surface area contributed by atoms with Crippen molar-refractivity contribution in [3.63, 3.8) is 0 Å². The van der Waals surface area contributed by atoms with Gasteiger partial charge in [-0.1, -0.05) is 6.07 Å². The molecule has 0 N–H and O–H groups in total. The average Bonchev–Trinajstić information content (AvgIpc) is 3.18. The van der Waals surface area contributed by atoms with Gasteiger partial charge in [0, 0.05) is 43.2 Å². The summed E-state index contributed by atoms with van der Waals surface area (Å²) in [6, 6.07) is 5.76. The molecule has 4 rings (SSSR count). The molecule has 0 radical (unpaired) electrons. The molecule has 0 aromatic carbocycles. The van der Waals surface area contributed by atoms with Crippen LogP contribution >= 0.6 is 11.3 Å². The first-order chi connectivity index (χ1) is 11.7. The molecule has 0 aliphatic carbocycles. The summed E-state index contributed by atoms with van der Waals surface area (Å²) in [5, 5.41) is 0. The van der Waals surface area contributed by atoms with E-state index < -0.39 is 0 Å². The van der Waals surface area contributed by atoms with Gasteiger partial charge in [0.1, 0.15) is 6.10 Å². The molecule has 2 aromatic heterocycles. The Morgan fingerprint density at radius 1 is 1.33 bits per heavy atom. The smallest absolute Gasteiger partial charge is 0.213 e. The molecule has 0 unspecified atom stereocenters. The van der Waals surface area contributed by atoms with Gasteiger partial charge in [-0.25, -0.2) is 9.97 Å². The second-order valence-corrected chi connectivity index (χ2v) is 7.68. The highest BCUT2D eigenvalue weighted by Crippen LogP contribution is 2.37. The Labute approximate surface area is 146 Å². The number of hydrogen-bond acceptors (Lipinski definition) is 6. The monoisotopic (exact) mass is 345 g/mol. The van der Waals surface area contributed by atoms with E-state index >= 15 is 0 Å². The lowest BCUT2D eigenvalue weighted by molar-refractivity contribution is -0.0453. The lowest BCUT2D eigenvalue weighted by Gasteiger charge is -2.38. The molecule has 5 nitrogen and oxygen atoms in total. The van der Waals surface area contributed by atoms with Gasteiger partial charge in [0.2, 0.25) is 5.88 Å². The summed E-state index contributed by atoms with van der Waals surface area (Å²) < 4.78 is 12.2. The summed E-state index contributed by atoms with van der Waals surface area (Å²) in [7, 11) is 0. The number of rotatable bonds is 4. The van der Waals surface area contributed by atoms with Crippen LogP contribution in [-0.2, 0) is 11.3 Å². The van der Waals surface area contributed by atoms with Crippen molar-refractivity contribution in [2.24, 2.45) is 0 Å². The summed E-state index contributed by atoms with van der Waals surface area (Å²) in [5.74, 6) is 0.696. The first-order valence-corrected chi connectivity index (χ1v) is 9.43. The molecule has 2 aliphatic heterocycles. The van der Waals surface area contributed by atoms with Crippen molar-refractivity contribution in [1.29, 1.82) is 0 Å². The Kier molecular flexibility index (Phi) is 4.52. The fourth-order valence-corrected chi connectivity index (χ4v) is 4.43. The molecule has 1 atom stereocenters. The molecule has 128 valence electrons. The van der Waals surface area contributed by atoms with Crippen LogP contribution in [0.3, 0.4) is 0 Å². The minimum Gasteiger partial charge on any atom is -0.472 e. The third-order valence-electron chi connectivity index (χ3n) is 5.08. The number of hydrogen-bond donors (Lipinski definition) is 0. The Morgan fingerprint density at radius 3 is 2.92 bits per heavy atom. The topological polar surface area (TPSA) is 47.5 Å². The highest BCUT2D eigenvalue weighted by Gasteiger charge is 2.43. The zero-order valence-corrected chi connectivity index (χ0v) is 14.8. The van der Waals surface area contributed by atoms with Gasteiger partial charge in [-0.05, 0) is 25.8 Å². The van der Waals surface area contributed by atoms with Gasteiger partial charge in [0.05, 0.1) is 23.4 Å². The summed E-state index contributed by atoms with van der Waals surface area (Å²) in [5.41, 5.74) is 3.11. The Bertz CT molecular complexity index is 668. The number of thiazole rings is 1. The zero-order valence-electron chi connectivity index (χ0n) is 14.0. The lowest BCUT2D eigenvalue weighted by atomic mass is 9.88. The first kappa shape index (κ1) is 16.0. The van der Waals surface area contributed by atoms with Gasteiger partial charge in [-0.3, -0.25) is 4.90 Å². The standard InChI is InChI=1S/C18H23N3O2S/c1-14-16(24-13-20-14)11-21-8-5-18(6-9-21)10-15(12-22-18)23-17-4-2-3-7-19-17/h2-4,7,13,15H,5-6,8-12H2,1H3/t15-/m1/s1. The lowest BCUT2D eigenvalue weighted by Crippen LogP contribution is -2.44. The van der Waals surface area contributed by atoms with Crippen molar-refractivity contribution in [3.05, 3.63) is 40.5 Å². The van der Waals surface area contributed by atoms with E-state index in [1.165, 1.54) is 10.6 Å². The van der Waals surface area contributed by atoms with Gasteiger partial charge < -0.3 is 9.47 Å². The summed E-state index contributed by atoms with van der Waals surface area (Å²) in [6.45, 7) is 5.93. The van der Waals surface area contributed by atoms with E-state index in [0.717, 1.165) is 38.9 Å². The van der Waals surface area contributed by atoms with E-state index in [1.54, 1.807) is 17.5 Å². The van der Waals surface area contributed by atoms with Crippen molar-refractivity contribution in [2.75, 3.05) is 19.7 Å². The fourth-order valence-electron chi connectivity index (χ4n) is 3.61. The normalized spacial score (nSPS) is 23.6. The second-order valence-electron chi connectivity index (χ2n) is 6.74. The molecular formula is C18H23N3O2S. The molecule has 1 spiro atoms. The maximum absolute atomic E-state index is 6.18. The third kappa shape index (κ3) is 3.45. The van der Waals surface area contributed by atoms with E-state index in [2.05, 4.69) is 21.8 Å². The maximum atomic E-state index is 6.18. The predicted octanol–water partition coefficient (Wildman–Crippen LogP) is 3.05. The van der Waals surface area contributed by atoms with Crippen LogP contribution in [-0.4, -0.2) is 46.3 Å². The van der Waals surface area contributed by atoms with Gasteiger partial charge in [-0.15, -0.1) is 11.3 Å². The minimum absolute atomic E-state index is 0.00130. The number of aromatic nitrogens is 2. The Hall–Kier alpha value is -1.50. The molecule has 0 saturated carbocycles. The molecule has 2 saturated heterocycles.